The van der Waals surface area contributed by atoms with E-state index in [4.69, 9.17) is 9.47 Å². The Labute approximate surface area is 191 Å². The van der Waals surface area contributed by atoms with Crippen molar-refractivity contribution in [3.8, 4) is 11.5 Å². The van der Waals surface area contributed by atoms with Crippen LogP contribution in [0, 0.1) is 0 Å². The van der Waals surface area contributed by atoms with Gasteiger partial charge in [0.1, 0.15) is 10.7 Å². The second-order valence-electron chi connectivity index (χ2n) is 7.14. The molecule has 9 heteroatoms. The summed E-state index contributed by atoms with van der Waals surface area (Å²) in [5, 5.41) is 4.39. The van der Waals surface area contributed by atoms with Crippen molar-refractivity contribution in [2.45, 2.75) is 52.4 Å². The molecule has 8 nitrogen and oxygen atoms in total. The van der Waals surface area contributed by atoms with Gasteiger partial charge in [-0.15, -0.1) is 0 Å². The summed E-state index contributed by atoms with van der Waals surface area (Å²) in [4.78, 5) is 4.36. The zero-order chi connectivity index (χ0) is 23.6. The number of nitrogens with zero attached hydrogens (tertiary/aromatic N) is 3. The van der Waals surface area contributed by atoms with Gasteiger partial charge in [-0.25, -0.2) is 13.4 Å². The predicted molar refractivity (Wildman–Crippen MR) is 128 cm³/mol. The van der Waals surface area contributed by atoms with E-state index < -0.39 is 10.0 Å². The molecular formula is C23H34N4O4S. The quantitative estimate of drug-likeness (QED) is 0.347. The van der Waals surface area contributed by atoms with Crippen LogP contribution in [0.15, 0.2) is 46.5 Å². The second-order valence-corrected chi connectivity index (χ2v) is 9.07. The number of ether oxygens (including phenoxy) is 2. The highest BCUT2D eigenvalue weighted by Gasteiger charge is 2.21. The van der Waals surface area contributed by atoms with Crippen LogP contribution in [0.2, 0.25) is 0 Å². The number of benzene rings is 1. The molecule has 0 aliphatic rings. The maximum absolute atomic E-state index is 12.6. The zero-order valence-corrected chi connectivity index (χ0v) is 20.4. The number of hydrazone groups is 1. The Morgan fingerprint density at radius 1 is 1.00 bits per heavy atom. The maximum atomic E-state index is 12.6. The molecule has 1 N–H and O–H groups in total. The van der Waals surface area contributed by atoms with Crippen molar-refractivity contribution in [1.82, 2.24) is 9.29 Å². The minimum atomic E-state index is -3.53. The molecule has 2 rings (SSSR count). The van der Waals surface area contributed by atoms with Crippen molar-refractivity contribution in [1.29, 1.82) is 0 Å². The van der Waals surface area contributed by atoms with Gasteiger partial charge < -0.3 is 9.47 Å². The highest BCUT2D eigenvalue weighted by atomic mass is 32.2. The Morgan fingerprint density at radius 2 is 1.66 bits per heavy atom. The van der Waals surface area contributed by atoms with Gasteiger partial charge in [-0.2, -0.15) is 9.41 Å². The third kappa shape index (κ3) is 6.67. The molecule has 1 aromatic heterocycles. The Balaban J connectivity index is 2.16. The summed E-state index contributed by atoms with van der Waals surface area (Å²) in [6.45, 7) is 11.7. The second kappa shape index (κ2) is 12.4. The fourth-order valence-corrected chi connectivity index (χ4v) is 4.31. The lowest BCUT2D eigenvalue weighted by Gasteiger charge is -2.18. The van der Waals surface area contributed by atoms with Crippen LogP contribution in [0.3, 0.4) is 0 Å². The molecule has 0 spiro atoms. The number of anilines is 1. The fraction of sp³-hybridized carbons (Fsp3) is 0.478. The van der Waals surface area contributed by atoms with Crippen LogP contribution in [0.25, 0.3) is 0 Å². The summed E-state index contributed by atoms with van der Waals surface area (Å²) in [5.74, 6) is 1.86. The van der Waals surface area contributed by atoms with Crippen molar-refractivity contribution in [3.63, 3.8) is 0 Å². The SMILES string of the molecule is CCCOc1ccc(/C(C)=N/Nc2ccc(S(=O)(=O)N(CC)CC)cn2)cc1OCCC. The van der Waals surface area contributed by atoms with Crippen molar-refractivity contribution in [2.24, 2.45) is 5.10 Å². The van der Waals surface area contributed by atoms with Gasteiger partial charge >= 0.3 is 0 Å². The molecule has 1 aromatic carbocycles. The summed E-state index contributed by atoms with van der Waals surface area (Å²) in [6.07, 6.45) is 3.16. The predicted octanol–water partition coefficient (Wildman–Crippen LogP) is 4.53. The highest BCUT2D eigenvalue weighted by molar-refractivity contribution is 7.89. The van der Waals surface area contributed by atoms with E-state index in [1.165, 1.54) is 16.6 Å². The first-order chi connectivity index (χ1) is 15.4. The third-order valence-corrected chi connectivity index (χ3v) is 6.74. The van der Waals surface area contributed by atoms with Crippen molar-refractivity contribution in [3.05, 3.63) is 42.1 Å². The fourth-order valence-electron chi connectivity index (χ4n) is 2.91. The topological polar surface area (TPSA) is 93.1 Å². The Bertz CT molecular complexity index is 988. The van der Waals surface area contributed by atoms with E-state index in [1.54, 1.807) is 6.07 Å². The van der Waals surface area contributed by atoms with Crippen LogP contribution in [0.1, 0.15) is 53.0 Å². The first-order valence-corrected chi connectivity index (χ1v) is 12.5. The van der Waals surface area contributed by atoms with Crippen LogP contribution in [0.5, 0.6) is 11.5 Å². The Hall–Kier alpha value is -2.65. The smallest absolute Gasteiger partial charge is 0.244 e. The molecule has 0 amide bonds. The summed E-state index contributed by atoms with van der Waals surface area (Å²) >= 11 is 0. The molecule has 0 bridgehead atoms. The van der Waals surface area contributed by atoms with Gasteiger partial charge in [0.2, 0.25) is 10.0 Å². The average molecular weight is 463 g/mol. The van der Waals surface area contributed by atoms with Crippen LogP contribution in [-0.4, -0.2) is 49.7 Å². The molecule has 0 unspecified atom stereocenters. The molecule has 0 saturated carbocycles. The highest BCUT2D eigenvalue weighted by Crippen LogP contribution is 2.29. The normalized spacial score (nSPS) is 12.1. The molecule has 1 heterocycles. The number of nitrogens with one attached hydrogen (secondary N) is 1. The summed E-state index contributed by atoms with van der Waals surface area (Å²) < 4.78 is 38.2. The number of sulfonamides is 1. The minimum absolute atomic E-state index is 0.160. The minimum Gasteiger partial charge on any atom is -0.490 e. The van der Waals surface area contributed by atoms with Gasteiger partial charge in [-0.05, 0) is 50.1 Å². The molecule has 0 fully saturated rings. The van der Waals surface area contributed by atoms with E-state index in [2.05, 4.69) is 29.4 Å². The van der Waals surface area contributed by atoms with Crippen molar-refractivity contribution < 1.29 is 17.9 Å². The molecule has 176 valence electrons. The van der Waals surface area contributed by atoms with Crippen LogP contribution >= 0.6 is 0 Å². The molecular weight excluding hydrogens is 428 g/mol. The maximum Gasteiger partial charge on any atom is 0.244 e. The van der Waals surface area contributed by atoms with Gasteiger partial charge in [-0.1, -0.05) is 27.7 Å². The van der Waals surface area contributed by atoms with Gasteiger partial charge in [-0.3, -0.25) is 5.43 Å². The average Bonchev–Trinajstić information content (AvgIpc) is 2.80. The van der Waals surface area contributed by atoms with Crippen molar-refractivity contribution >= 4 is 21.6 Å². The largest absolute Gasteiger partial charge is 0.490 e. The molecule has 2 aromatic rings. The van der Waals surface area contributed by atoms with E-state index >= 15 is 0 Å². The van der Waals surface area contributed by atoms with E-state index in [0.29, 0.717) is 37.9 Å². The lowest BCUT2D eigenvalue weighted by molar-refractivity contribution is 0.268. The van der Waals surface area contributed by atoms with Crippen molar-refractivity contribution in [2.75, 3.05) is 31.7 Å². The molecule has 0 radical (unpaired) electrons. The van der Waals surface area contributed by atoms with E-state index in [9.17, 15) is 8.42 Å². The first-order valence-electron chi connectivity index (χ1n) is 11.0. The summed E-state index contributed by atoms with van der Waals surface area (Å²) in [5.41, 5.74) is 4.50. The lowest BCUT2D eigenvalue weighted by atomic mass is 10.1. The molecule has 0 atom stereocenters. The first kappa shape index (κ1) is 25.6. The number of rotatable bonds is 13. The van der Waals surface area contributed by atoms with Crippen LogP contribution in [-0.2, 0) is 10.0 Å². The molecule has 0 aliphatic heterocycles. The van der Waals surface area contributed by atoms with Gasteiger partial charge in [0.05, 0.1) is 18.9 Å². The van der Waals surface area contributed by atoms with E-state index in [1.807, 2.05) is 39.0 Å². The Kier molecular flexibility index (Phi) is 9.93. The molecule has 32 heavy (non-hydrogen) atoms. The molecule has 0 saturated heterocycles. The third-order valence-electron chi connectivity index (χ3n) is 4.70. The number of aromatic nitrogens is 1. The standard InChI is InChI=1S/C23H34N4O4S/c1-6-14-30-21-12-10-19(16-22(21)31-15-7-2)18(5)25-26-23-13-11-20(17-24-23)32(28,29)27(8-3)9-4/h10-13,16-17H,6-9,14-15H2,1-5H3,(H,24,26)/b25-18+. The lowest BCUT2D eigenvalue weighted by Crippen LogP contribution is -2.30. The van der Waals surface area contributed by atoms with E-state index in [-0.39, 0.29) is 4.90 Å². The monoisotopic (exact) mass is 462 g/mol. The number of hydrogen-bond donors (Lipinski definition) is 1. The van der Waals surface area contributed by atoms with Gasteiger partial charge in [0, 0.05) is 24.8 Å². The summed E-state index contributed by atoms with van der Waals surface area (Å²) in [6, 6.07) is 8.86. The van der Waals surface area contributed by atoms with E-state index in [0.717, 1.165) is 29.9 Å². The Morgan fingerprint density at radius 3 is 2.22 bits per heavy atom. The summed E-state index contributed by atoms with van der Waals surface area (Å²) in [7, 11) is -3.53. The van der Waals surface area contributed by atoms with Crippen LogP contribution in [0.4, 0.5) is 5.82 Å². The molecule has 0 aliphatic carbocycles. The zero-order valence-electron chi connectivity index (χ0n) is 19.6. The van der Waals surface area contributed by atoms with Gasteiger partial charge in [0.25, 0.3) is 0 Å². The number of hydrogen-bond acceptors (Lipinski definition) is 7. The van der Waals surface area contributed by atoms with Crippen LogP contribution < -0.4 is 14.9 Å². The van der Waals surface area contributed by atoms with Gasteiger partial charge in [0.15, 0.2) is 11.5 Å². The number of pyridine rings is 1.